The van der Waals surface area contributed by atoms with E-state index in [1.54, 1.807) is 4.31 Å². The second kappa shape index (κ2) is 7.12. The molecule has 2 aromatic rings. The molecule has 0 bridgehead atoms. The van der Waals surface area contributed by atoms with E-state index >= 15 is 0 Å². The highest BCUT2D eigenvalue weighted by molar-refractivity contribution is 7.89. The Bertz CT molecular complexity index is 871. The lowest BCUT2D eigenvalue weighted by Crippen LogP contribution is -2.38. The van der Waals surface area contributed by atoms with Crippen LogP contribution >= 0.6 is 0 Å². The van der Waals surface area contributed by atoms with Gasteiger partial charge < -0.3 is 4.42 Å². The molecule has 142 valence electrons. The summed E-state index contributed by atoms with van der Waals surface area (Å²) in [5, 5.41) is 8.25. The minimum Gasteiger partial charge on any atom is -0.425 e. The van der Waals surface area contributed by atoms with Crippen molar-refractivity contribution in [1.29, 1.82) is 0 Å². The van der Waals surface area contributed by atoms with E-state index in [0.29, 0.717) is 42.6 Å². The van der Waals surface area contributed by atoms with Gasteiger partial charge in [-0.05, 0) is 44.7 Å². The van der Waals surface area contributed by atoms with E-state index < -0.39 is 10.0 Å². The van der Waals surface area contributed by atoms with Gasteiger partial charge in [-0.25, -0.2) is 8.42 Å². The molecule has 2 heterocycles. The van der Waals surface area contributed by atoms with Crippen molar-refractivity contribution in [1.82, 2.24) is 14.5 Å². The molecule has 3 rings (SSSR count). The summed E-state index contributed by atoms with van der Waals surface area (Å²) >= 11 is 0. The fourth-order valence-corrected chi connectivity index (χ4v) is 5.57. The topological polar surface area (TPSA) is 76.3 Å². The maximum atomic E-state index is 13.2. The molecule has 0 N–H and O–H groups in total. The Labute approximate surface area is 155 Å². The highest BCUT2D eigenvalue weighted by Crippen LogP contribution is 2.32. The Balaban J connectivity index is 1.77. The van der Waals surface area contributed by atoms with E-state index in [1.165, 1.54) is 0 Å². The lowest BCUT2D eigenvalue weighted by atomic mass is 9.98. The number of sulfonamides is 1. The first-order valence-corrected chi connectivity index (χ1v) is 10.6. The van der Waals surface area contributed by atoms with Gasteiger partial charge >= 0.3 is 0 Å². The molecule has 0 aliphatic carbocycles. The van der Waals surface area contributed by atoms with Crippen LogP contribution in [0.25, 0.3) is 0 Å². The number of aromatic nitrogens is 2. The van der Waals surface area contributed by atoms with Crippen molar-refractivity contribution in [3.05, 3.63) is 40.6 Å². The standard InChI is InChI=1S/C19H27N3O3S/c1-12(2)18-20-21-19(25-18)16-6-8-22(9-7-16)26(23,24)17-14(4)10-13(3)11-15(17)5/h10-12,16H,6-9H2,1-5H3. The number of aryl methyl sites for hydroxylation is 3. The molecule has 0 amide bonds. The Kier molecular flexibility index (Phi) is 5.21. The van der Waals surface area contributed by atoms with Gasteiger partial charge in [0.15, 0.2) is 0 Å². The van der Waals surface area contributed by atoms with Crippen molar-refractivity contribution in [2.45, 2.75) is 64.2 Å². The summed E-state index contributed by atoms with van der Waals surface area (Å²) in [5.41, 5.74) is 2.70. The van der Waals surface area contributed by atoms with Crippen LogP contribution in [0.1, 0.15) is 67.0 Å². The van der Waals surface area contributed by atoms with Crippen LogP contribution in [-0.4, -0.2) is 36.0 Å². The molecule has 1 aliphatic heterocycles. The number of benzene rings is 1. The highest BCUT2D eigenvalue weighted by atomic mass is 32.2. The largest absolute Gasteiger partial charge is 0.425 e. The van der Waals surface area contributed by atoms with E-state index in [-0.39, 0.29) is 11.8 Å². The van der Waals surface area contributed by atoms with Crippen LogP contribution < -0.4 is 0 Å². The molecule has 0 radical (unpaired) electrons. The third-order valence-electron chi connectivity index (χ3n) is 4.96. The van der Waals surface area contributed by atoms with Crippen LogP contribution in [0.3, 0.4) is 0 Å². The van der Waals surface area contributed by atoms with Crippen molar-refractivity contribution >= 4 is 10.0 Å². The Hall–Kier alpha value is -1.73. The van der Waals surface area contributed by atoms with Crippen molar-refractivity contribution in [3.8, 4) is 0 Å². The van der Waals surface area contributed by atoms with Crippen LogP contribution in [0.2, 0.25) is 0 Å². The van der Waals surface area contributed by atoms with Crippen LogP contribution in [0.5, 0.6) is 0 Å². The van der Waals surface area contributed by atoms with Crippen molar-refractivity contribution < 1.29 is 12.8 Å². The maximum Gasteiger partial charge on any atom is 0.243 e. The molecule has 1 fully saturated rings. The molecule has 1 aromatic heterocycles. The minimum atomic E-state index is -3.49. The molecule has 6 nitrogen and oxygen atoms in total. The first-order chi connectivity index (χ1) is 12.2. The molecule has 0 spiro atoms. The van der Waals surface area contributed by atoms with Gasteiger partial charge in [0.25, 0.3) is 0 Å². The average Bonchev–Trinajstić information content (AvgIpc) is 3.04. The second-order valence-electron chi connectivity index (χ2n) is 7.54. The predicted octanol–water partition coefficient (Wildman–Crippen LogP) is 3.69. The van der Waals surface area contributed by atoms with Gasteiger partial charge in [-0.1, -0.05) is 31.5 Å². The van der Waals surface area contributed by atoms with Gasteiger partial charge in [0.05, 0.1) is 4.90 Å². The van der Waals surface area contributed by atoms with Crippen LogP contribution in [0.4, 0.5) is 0 Å². The number of hydrogen-bond donors (Lipinski definition) is 0. The molecular weight excluding hydrogens is 350 g/mol. The zero-order valence-electron chi connectivity index (χ0n) is 16.1. The Morgan fingerprint density at radius 1 is 1.08 bits per heavy atom. The van der Waals surface area contributed by atoms with Gasteiger partial charge in [0.2, 0.25) is 21.8 Å². The SMILES string of the molecule is Cc1cc(C)c(S(=O)(=O)N2CCC(c3nnc(C(C)C)o3)CC2)c(C)c1. The molecule has 1 aromatic carbocycles. The zero-order chi connectivity index (χ0) is 19.1. The summed E-state index contributed by atoms with van der Waals surface area (Å²) in [6, 6.07) is 3.86. The first kappa shape index (κ1) is 19.0. The van der Waals surface area contributed by atoms with Gasteiger partial charge in [0, 0.05) is 24.9 Å². The van der Waals surface area contributed by atoms with E-state index in [1.807, 2.05) is 46.8 Å². The fraction of sp³-hybridized carbons (Fsp3) is 0.579. The quantitative estimate of drug-likeness (QED) is 0.812. The van der Waals surface area contributed by atoms with E-state index in [4.69, 9.17) is 4.42 Å². The number of hydrogen-bond acceptors (Lipinski definition) is 5. The van der Waals surface area contributed by atoms with Gasteiger partial charge in [0.1, 0.15) is 0 Å². The third kappa shape index (κ3) is 3.55. The molecule has 0 atom stereocenters. The number of rotatable bonds is 4. The number of nitrogens with zero attached hydrogens (tertiary/aromatic N) is 3. The highest BCUT2D eigenvalue weighted by Gasteiger charge is 2.33. The van der Waals surface area contributed by atoms with Crippen molar-refractivity contribution in [2.24, 2.45) is 0 Å². The molecule has 1 saturated heterocycles. The molecule has 7 heteroatoms. The minimum absolute atomic E-state index is 0.127. The summed E-state index contributed by atoms with van der Waals surface area (Å²) in [7, 11) is -3.49. The van der Waals surface area contributed by atoms with Gasteiger partial charge in [-0.3, -0.25) is 0 Å². The summed E-state index contributed by atoms with van der Waals surface area (Å²) < 4.78 is 33.6. The maximum absolute atomic E-state index is 13.2. The van der Waals surface area contributed by atoms with E-state index in [2.05, 4.69) is 10.2 Å². The lowest BCUT2D eigenvalue weighted by molar-refractivity contribution is 0.284. The average molecular weight is 378 g/mol. The third-order valence-corrected chi connectivity index (χ3v) is 7.16. The van der Waals surface area contributed by atoms with Gasteiger partial charge in [-0.15, -0.1) is 10.2 Å². The van der Waals surface area contributed by atoms with Crippen molar-refractivity contribution in [3.63, 3.8) is 0 Å². The second-order valence-corrected chi connectivity index (χ2v) is 9.41. The lowest BCUT2D eigenvalue weighted by Gasteiger charge is -2.30. The predicted molar refractivity (Wildman–Crippen MR) is 99.8 cm³/mol. The molecule has 26 heavy (non-hydrogen) atoms. The molecule has 0 saturated carbocycles. The smallest absolute Gasteiger partial charge is 0.243 e. The van der Waals surface area contributed by atoms with E-state index in [0.717, 1.165) is 16.7 Å². The fourth-order valence-electron chi connectivity index (χ4n) is 3.69. The monoisotopic (exact) mass is 377 g/mol. The summed E-state index contributed by atoms with van der Waals surface area (Å²) in [5.74, 6) is 1.60. The molecular formula is C19H27N3O3S. The summed E-state index contributed by atoms with van der Waals surface area (Å²) in [4.78, 5) is 0.446. The van der Waals surface area contributed by atoms with Crippen molar-refractivity contribution in [2.75, 3.05) is 13.1 Å². The summed E-state index contributed by atoms with van der Waals surface area (Å²) in [6.45, 7) is 10.7. The zero-order valence-corrected chi connectivity index (χ0v) is 16.9. The number of piperidine rings is 1. The summed E-state index contributed by atoms with van der Waals surface area (Å²) in [6.07, 6.45) is 1.39. The van der Waals surface area contributed by atoms with Crippen LogP contribution in [-0.2, 0) is 10.0 Å². The van der Waals surface area contributed by atoms with Gasteiger partial charge in [-0.2, -0.15) is 4.31 Å². The Morgan fingerprint density at radius 2 is 1.65 bits per heavy atom. The Morgan fingerprint density at radius 3 is 2.15 bits per heavy atom. The van der Waals surface area contributed by atoms with Crippen LogP contribution in [0, 0.1) is 20.8 Å². The van der Waals surface area contributed by atoms with E-state index in [9.17, 15) is 8.42 Å². The molecule has 0 unspecified atom stereocenters. The molecule has 1 aliphatic rings. The van der Waals surface area contributed by atoms with Crippen LogP contribution in [0.15, 0.2) is 21.4 Å². The normalized spacial score (nSPS) is 17.2. The first-order valence-electron chi connectivity index (χ1n) is 9.11.